The number of aromatic nitrogens is 1. The van der Waals surface area contributed by atoms with Crippen LogP contribution in [0.15, 0.2) is 36.5 Å². The normalized spacial score (nSPS) is 15.8. The van der Waals surface area contributed by atoms with Crippen molar-refractivity contribution in [2.24, 2.45) is 0 Å². The van der Waals surface area contributed by atoms with Crippen molar-refractivity contribution >= 4 is 5.91 Å². The maximum Gasteiger partial charge on any atom is 0.272 e. The van der Waals surface area contributed by atoms with Crippen LogP contribution in [0.3, 0.4) is 0 Å². The molecule has 0 radical (unpaired) electrons. The highest BCUT2D eigenvalue weighted by atomic mass is 19.1. The van der Waals surface area contributed by atoms with Crippen LogP contribution in [0, 0.1) is 11.6 Å². The summed E-state index contributed by atoms with van der Waals surface area (Å²) in [6.07, 6.45) is 1.37. The summed E-state index contributed by atoms with van der Waals surface area (Å²) in [7, 11) is 1.70. The summed E-state index contributed by atoms with van der Waals surface area (Å²) in [4.78, 5) is 18.1. The molecule has 2 aromatic rings. The molecule has 0 aliphatic carbocycles. The van der Waals surface area contributed by atoms with E-state index < -0.39 is 11.6 Å². The van der Waals surface area contributed by atoms with Gasteiger partial charge in [0.05, 0.1) is 18.8 Å². The summed E-state index contributed by atoms with van der Waals surface area (Å²) in [6.45, 7) is 2.91. The first-order valence-corrected chi connectivity index (χ1v) is 7.18. The van der Waals surface area contributed by atoms with Gasteiger partial charge in [0.2, 0.25) is 0 Å². The minimum atomic E-state index is -0.538. The molecule has 1 aliphatic rings. The van der Waals surface area contributed by atoms with Crippen LogP contribution in [-0.4, -0.2) is 41.6 Å². The van der Waals surface area contributed by atoms with E-state index in [2.05, 4.69) is 4.98 Å². The minimum absolute atomic E-state index is 0.115. The molecule has 1 aromatic heterocycles. The van der Waals surface area contributed by atoms with Crippen molar-refractivity contribution in [1.29, 1.82) is 0 Å². The van der Waals surface area contributed by atoms with Gasteiger partial charge in [0, 0.05) is 24.4 Å². The third-order valence-corrected chi connectivity index (χ3v) is 4.16. The van der Waals surface area contributed by atoms with Crippen LogP contribution in [0.4, 0.5) is 8.78 Å². The molecule has 0 spiro atoms. The van der Waals surface area contributed by atoms with Crippen LogP contribution in [0.25, 0.3) is 11.1 Å². The Labute approximate surface area is 132 Å². The highest BCUT2D eigenvalue weighted by molar-refractivity contribution is 5.93. The van der Waals surface area contributed by atoms with E-state index in [9.17, 15) is 13.6 Å². The van der Waals surface area contributed by atoms with Crippen LogP contribution in [0.1, 0.15) is 17.4 Å². The summed E-state index contributed by atoms with van der Waals surface area (Å²) in [5.74, 6) is -1.30. The Kier molecular flexibility index (Phi) is 3.85. The van der Waals surface area contributed by atoms with Gasteiger partial charge in [-0.25, -0.2) is 8.78 Å². The maximum absolute atomic E-state index is 13.8. The van der Waals surface area contributed by atoms with Gasteiger partial charge in [0.15, 0.2) is 0 Å². The van der Waals surface area contributed by atoms with Crippen molar-refractivity contribution in [3.05, 3.63) is 53.9 Å². The number of halogens is 2. The fraction of sp³-hybridized carbons (Fsp3) is 0.294. The summed E-state index contributed by atoms with van der Waals surface area (Å²) < 4.78 is 32.2. The number of hydrogen-bond donors (Lipinski definition) is 0. The zero-order chi connectivity index (χ0) is 16.6. The maximum atomic E-state index is 13.8. The standard InChI is InChI=1S/C17H16F2N2O2/c1-17(9-23-10-17)21(2)16(22)15-6-3-11(8-20-15)13-7-12(18)4-5-14(13)19/h3-8H,9-10H2,1-2H3. The van der Waals surface area contributed by atoms with Gasteiger partial charge in [-0.1, -0.05) is 6.07 Å². The van der Waals surface area contributed by atoms with Gasteiger partial charge in [0.1, 0.15) is 17.3 Å². The molecular weight excluding hydrogens is 302 g/mol. The number of carbonyl (C=O) groups excluding carboxylic acids is 1. The van der Waals surface area contributed by atoms with E-state index in [0.29, 0.717) is 18.8 Å². The van der Waals surface area contributed by atoms with E-state index >= 15 is 0 Å². The topological polar surface area (TPSA) is 42.4 Å². The third-order valence-electron chi connectivity index (χ3n) is 4.16. The molecule has 120 valence electrons. The summed E-state index contributed by atoms with van der Waals surface area (Å²) in [5.41, 5.74) is 0.455. The largest absolute Gasteiger partial charge is 0.376 e. The second-order valence-electron chi connectivity index (χ2n) is 5.91. The first-order chi connectivity index (χ1) is 10.9. The number of likely N-dealkylation sites (N-methyl/N-ethyl adjacent to an activating group) is 1. The van der Waals surface area contributed by atoms with Crippen molar-refractivity contribution in [3.8, 4) is 11.1 Å². The molecule has 1 saturated heterocycles. The molecule has 2 heterocycles. The number of pyridine rings is 1. The lowest BCUT2D eigenvalue weighted by Crippen LogP contribution is -2.60. The zero-order valence-corrected chi connectivity index (χ0v) is 12.8. The lowest BCUT2D eigenvalue weighted by Gasteiger charge is -2.45. The highest BCUT2D eigenvalue weighted by Crippen LogP contribution is 2.26. The molecule has 0 N–H and O–H groups in total. The Bertz CT molecular complexity index is 743. The number of rotatable bonds is 3. The predicted octanol–water partition coefficient (Wildman–Crippen LogP) is 2.89. The van der Waals surface area contributed by atoms with Crippen LogP contribution in [0.5, 0.6) is 0 Å². The number of hydrogen-bond acceptors (Lipinski definition) is 3. The number of nitrogens with zero attached hydrogens (tertiary/aromatic N) is 2. The lowest BCUT2D eigenvalue weighted by molar-refractivity contribution is -0.108. The van der Waals surface area contributed by atoms with Crippen molar-refractivity contribution in [1.82, 2.24) is 9.88 Å². The summed E-state index contributed by atoms with van der Waals surface area (Å²) in [6, 6.07) is 6.30. The average molecular weight is 318 g/mol. The molecule has 3 rings (SSSR count). The molecule has 4 nitrogen and oxygen atoms in total. The average Bonchev–Trinajstić information content (AvgIpc) is 2.53. The molecule has 0 bridgehead atoms. The summed E-state index contributed by atoms with van der Waals surface area (Å²) in [5, 5.41) is 0. The smallest absolute Gasteiger partial charge is 0.272 e. The fourth-order valence-corrected chi connectivity index (χ4v) is 2.41. The highest BCUT2D eigenvalue weighted by Gasteiger charge is 2.40. The van der Waals surface area contributed by atoms with E-state index in [0.717, 1.165) is 18.2 Å². The van der Waals surface area contributed by atoms with Crippen LogP contribution >= 0.6 is 0 Å². The van der Waals surface area contributed by atoms with Crippen molar-refractivity contribution < 1.29 is 18.3 Å². The quantitative estimate of drug-likeness (QED) is 0.874. The van der Waals surface area contributed by atoms with Crippen molar-refractivity contribution in [2.45, 2.75) is 12.5 Å². The molecule has 6 heteroatoms. The van der Waals surface area contributed by atoms with Crippen LogP contribution in [0.2, 0.25) is 0 Å². The SMILES string of the molecule is CN(C(=O)c1ccc(-c2cc(F)ccc2F)cn1)C1(C)COC1. The van der Waals surface area contributed by atoms with Crippen LogP contribution in [-0.2, 0) is 4.74 Å². The Morgan fingerprint density at radius 3 is 2.57 bits per heavy atom. The molecule has 0 atom stereocenters. The minimum Gasteiger partial charge on any atom is -0.376 e. The van der Waals surface area contributed by atoms with Gasteiger partial charge in [-0.2, -0.15) is 0 Å². The van der Waals surface area contributed by atoms with Gasteiger partial charge in [-0.15, -0.1) is 0 Å². The molecule has 0 saturated carbocycles. The number of carbonyl (C=O) groups is 1. The van der Waals surface area contributed by atoms with E-state index in [1.54, 1.807) is 18.0 Å². The van der Waals surface area contributed by atoms with Gasteiger partial charge < -0.3 is 9.64 Å². The first-order valence-electron chi connectivity index (χ1n) is 7.18. The lowest BCUT2D eigenvalue weighted by atomic mass is 9.98. The van der Waals surface area contributed by atoms with Crippen molar-refractivity contribution in [3.63, 3.8) is 0 Å². The Balaban J connectivity index is 1.84. The molecule has 1 aliphatic heterocycles. The van der Waals surface area contributed by atoms with E-state index in [1.807, 2.05) is 6.92 Å². The predicted molar refractivity (Wildman–Crippen MR) is 80.9 cm³/mol. The molecule has 1 aromatic carbocycles. The number of ether oxygens (including phenoxy) is 1. The van der Waals surface area contributed by atoms with Gasteiger partial charge >= 0.3 is 0 Å². The number of benzene rings is 1. The summed E-state index contributed by atoms with van der Waals surface area (Å²) >= 11 is 0. The first kappa shape index (κ1) is 15.6. The molecule has 1 amide bonds. The molecule has 0 unspecified atom stereocenters. The van der Waals surface area contributed by atoms with Gasteiger partial charge in [-0.3, -0.25) is 9.78 Å². The van der Waals surface area contributed by atoms with Gasteiger partial charge in [-0.05, 0) is 31.2 Å². The molecular formula is C17H16F2N2O2. The fourth-order valence-electron chi connectivity index (χ4n) is 2.41. The third kappa shape index (κ3) is 2.82. The second kappa shape index (κ2) is 5.70. The molecule has 23 heavy (non-hydrogen) atoms. The Hall–Kier alpha value is -2.34. The Morgan fingerprint density at radius 1 is 1.26 bits per heavy atom. The molecule has 1 fully saturated rings. The Morgan fingerprint density at radius 2 is 2.00 bits per heavy atom. The zero-order valence-electron chi connectivity index (χ0n) is 12.8. The van der Waals surface area contributed by atoms with Crippen molar-refractivity contribution in [2.75, 3.05) is 20.3 Å². The monoisotopic (exact) mass is 318 g/mol. The van der Waals surface area contributed by atoms with E-state index in [-0.39, 0.29) is 22.7 Å². The second-order valence-corrected chi connectivity index (χ2v) is 5.91. The van der Waals surface area contributed by atoms with Crippen LogP contribution < -0.4 is 0 Å². The van der Waals surface area contributed by atoms with Gasteiger partial charge in [0.25, 0.3) is 5.91 Å². The van der Waals surface area contributed by atoms with E-state index in [4.69, 9.17) is 4.74 Å². The van der Waals surface area contributed by atoms with E-state index in [1.165, 1.54) is 12.3 Å². The number of amides is 1.